The number of likely N-dealkylation sites (tertiary alicyclic amines) is 1. The number of carbonyl (C=O) groups excluding carboxylic acids is 1. The summed E-state index contributed by atoms with van der Waals surface area (Å²) in [5.74, 6) is 0.670. The first-order valence-electron chi connectivity index (χ1n) is 8.01. The molecular weight excluding hydrogens is 254 g/mol. The number of carbonyl (C=O) groups is 1. The zero-order chi connectivity index (χ0) is 14.5. The van der Waals surface area contributed by atoms with Gasteiger partial charge >= 0.3 is 6.03 Å². The number of nitrogens with one attached hydrogen (secondary N) is 1. The van der Waals surface area contributed by atoms with E-state index in [-0.39, 0.29) is 12.6 Å². The Kier molecular flexibility index (Phi) is 5.66. The summed E-state index contributed by atoms with van der Waals surface area (Å²) in [4.78, 5) is 16.5. The molecule has 0 spiro atoms. The molecule has 2 fully saturated rings. The van der Waals surface area contributed by atoms with Crippen LogP contribution in [0, 0.1) is 5.92 Å². The minimum atomic E-state index is -0.00190. The van der Waals surface area contributed by atoms with E-state index in [1.807, 2.05) is 0 Å². The number of amides is 2. The van der Waals surface area contributed by atoms with E-state index < -0.39 is 0 Å². The van der Waals surface area contributed by atoms with Gasteiger partial charge in [0, 0.05) is 31.7 Å². The van der Waals surface area contributed by atoms with Gasteiger partial charge in [-0.05, 0) is 38.1 Å². The van der Waals surface area contributed by atoms with E-state index in [9.17, 15) is 4.79 Å². The van der Waals surface area contributed by atoms with Crippen molar-refractivity contribution < 1.29 is 9.90 Å². The summed E-state index contributed by atoms with van der Waals surface area (Å²) < 4.78 is 0. The van der Waals surface area contributed by atoms with E-state index in [4.69, 9.17) is 5.11 Å². The van der Waals surface area contributed by atoms with Crippen LogP contribution in [0.3, 0.4) is 0 Å². The van der Waals surface area contributed by atoms with Crippen molar-refractivity contribution >= 4 is 6.03 Å². The molecule has 0 unspecified atom stereocenters. The predicted octanol–water partition coefficient (Wildman–Crippen LogP) is 1.27. The molecule has 1 atom stereocenters. The van der Waals surface area contributed by atoms with Crippen molar-refractivity contribution in [2.75, 3.05) is 32.8 Å². The molecule has 2 amide bonds. The molecule has 1 saturated carbocycles. The van der Waals surface area contributed by atoms with E-state index in [0.717, 1.165) is 32.5 Å². The Bertz CT molecular complexity index is 318. The third-order valence-electron chi connectivity index (χ3n) is 4.18. The average Bonchev–Trinajstić information content (AvgIpc) is 3.14. The summed E-state index contributed by atoms with van der Waals surface area (Å²) in [6, 6.07) is 0.840. The van der Waals surface area contributed by atoms with Crippen LogP contribution in [0.25, 0.3) is 0 Å². The Balaban J connectivity index is 1.76. The number of hydrogen-bond acceptors (Lipinski definition) is 3. The molecule has 5 heteroatoms. The fourth-order valence-corrected chi connectivity index (χ4v) is 3.09. The van der Waals surface area contributed by atoms with Gasteiger partial charge in [0.15, 0.2) is 0 Å². The monoisotopic (exact) mass is 283 g/mol. The molecule has 1 aliphatic heterocycles. The van der Waals surface area contributed by atoms with Crippen LogP contribution in [0.5, 0.6) is 0 Å². The van der Waals surface area contributed by atoms with E-state index in [2.05, 4.69) is 24.1 Å². The van der Waals surface area contributed by atoms with Gasteiger partial charge in [-0.25, -0.2) is 4.79 Å². The van der Waals surface area contributed by atoms with Crippen LogP contribution >= 0.6 is 0 Å². The molecule has 0 bridgehead atoms. The summed E-state index contributed by atoms with van der Waals surface area (Å²) in [7, 11) is 0. The molecule has 116 valence electrons. The standard InChI is InChI=1S/C15H29N3O2/c1-12(2)11-17-7-3-4-14(17)10-16-15(20)18(8-9-19)13-5-6-13/h12-14,19H,3-11H2,1-2H3,(H,16,20)/t14-/m0/s1. The highest BCUT2D eigenvalue weighted by Gasteiger charge is 2.33. The van der Waals surface area contributed by atoms with E-state index in [0.29, 0.717) is 24.5 Å². The fourth-order valence-electron chi connectivity index (χ4n) is 3.09. The molecule has 1 aliphatic carbocycles. The maximum absolute atomic E-state index is 12.2. The fraction of sp³-hybridized carbons (Fsp3) is 0.933. The normalized spacial score (nSPS) is 23.3. The van der Waals surface area contributed by atoms with Gasteiger partial charge in [-0.1, -0.05) is 13.8 Å². The first kappa shape index (κ1) is 15.6. The molecular formula is C15H29N3O2. The zero-order valence-corrected chi connectivity index (χ0v) is 12.8. The summed E-state index contributed by atoms with van der Waals surface area (Å²) in [6.07, 6.45) is 4.57. The second kappa shape index (κ2) is 7.27. The molecule has 2 aliphatic rings. The minimum absolute atomic E-state index is 0.00190. The SMILES string of the molecule is CC(C)CN1CCC[C@H]1CNC(=O)N(CCO)C1CC1. The highest BCUT2D eigenvalue weighted by atomic mass is 16.3. The van der Waals surface area contributed by atoms with E-state index in [1.54, 1.807) is 4.90 Å². The minimum Gasteiger partial charge on any atom is -0.395 e. The predicted molar refractivity (Wildman–Crippen MR) is 79.6 cm³/mol. The van der Waals surface area contributed by atoms with Gasteiger partial charge in [0.2, 0.25) is 0 Å². The number of aliphatic hydroxyl groups excluding tert-OH is 1. The average molecular weight is 283 g/mol. The Labute approximate surface area is 122 Å². The van der Waals surface area contributed by atoms with Crippen LogP contribution in [0.1, 0.15) is 39.5 Å². The van der Waals surface area contributed by atoms with Crippen LogP contribution in [0.15, 0.2) is 0 Å². The van der Waals surface area contributed by atoms with Crippen LogP contribution in [-0.2, 0) is 0 Å². The van der Waals surface area contributed by atoms with Crippen molar-refractivity contribution in [2.45, 2.75) is 51.6 Å². The number of nitrogens with zero attached hydrogens (tertiary/aromatic N) is 2. The van der Waals surface area contributed by atoms with Gasteiger partial charge in [0.25, 0.3) is 0 Å². The van der Waals surface area contributed by atoms with Crippen molar-refractivity contribution in [1.29, 1.82) is 0 Å². The maximum atomic E-state index is 12.2. The molecule has 20 heavy (non-hydrogen) atoms. The van der Waals surface area contributed by atoms with Crippen LogP contribution < -0.4 is 5.32 Å². The Morgan fingerprint density at radius 2 is 2.15 bits per heavy atom. The van der Waals surface area contributed by atoms with Crippen molar-refractivity contribution in [1.82, 2.24) is 15.1 Å². The Morgan fingerprint density at radius 1 is 1.40 bits per heavy atom. The molecule has 0 aromatic heterocycles. The summed E-state index contributed by atoms with van der Waals surface area (Å²) >= 11 is 0. The highest BCUT2D eigenvalue weighted by Crippen LogP contribution is 2.26. The van der Waals surface area contributed by atoms with Gasteiger partial charge in [0.05, 0.1) is 6.61 Å². The summed E-state index contributed by atoms with van der Waals surface area (Å²) in [6.45, 7) is 7.99. The lowest BCUT2D eigenvalue weighted by Crippen LogP contribution is -2.47. The van der Waals surface area contributed by atoms with Gasteiger partial charge in [-0.3, -0.25) is 4.90 Å². The molecule has 5 nitrogen and oxygen atoms in total. The first-order chi connectivity index (χ1) is 9.61. The molecule has 1 saturated heterocycles. The topological polar surface area (TPSA) is 55.8 Å². The number of rotatable bonds is 7. The maximum Gasteiger partial charge on any atom is 0.317 e. The molecule has 2 N–H and O–H groups in total. The van der Waals surface area contributed by atoms with Gasteiger partial charge in [-0.2, -0.15) is 0 Å². The molecule has 0 aromatic rings. The Hall–Kier alpha value is -0.810. The van der Waals surface area contributed by atoms with Crippen molar-refractivity contribution in [3.8, 4) is 0 Å². The van der Waals surface area contributed by atoms with Crippen molar-refractivity contribution in [3.05, 3.63) is 0 Å². The van der Waals surface area contributed by atoms with Gasteiger partial charge < -0.3 is 15.3 Å². The second-order valence-electron chi connectivity index (χ2n) is 6.52. The molecule has 0 aromatic carbocycles. The quantitative estimate of drug-likeness (QED) is 0.740. The lowest BCUT2D eigenvalue weighted by Gasteiger charge is -2.28. The van der Waals surface area contributed by atoms with Gasteiger partial charge in [0.1, 0.15) is 0 Å². The highest BCUT2D eigenvalue weighted by molar-refractivity contribution is 5.75. The molecule has 2 rings (SSSR count). The number of urea groups is 1. The van der Waals surface area contributed by atoms with Crippen molar-refractivity contribution in [3.63, 3.8) is 0 Å². The lowest BCUT2D eigenvalue weighted by atomic mass is 10.1. The first-order valence-corrected chi connectivity index (χ1v) is 8.01. The smallest absolute Gasteiger partial charge is 0.317 e. The summed E-state index contributed by atoms with van der Waals surface area (Å²) in [5.41, 5.74) is 0. The third kappa shape index (κ3) is 4.35. The van der Waals surface area contributed by atoms with E-state index in [1.165, 1.54) is 12.8 Å². The molecule has 1 heterocycles. The Morgan fingerprint density at radius 3 is 2.75 bits per heavy atom. The largest absolute Gasteiger partial charge is 0.395 e. The van der Waals surface area contributed by atoms with Gasteiger partial charge in [-0.15, -0.1) is 0 Å². The van der Waals surface area contributed by atoms with Crippen molar-refractivity contribution in [2.24, 2.45) is 5.92 Å². The van der Waals surface area contributed by atoms with Crippen LogP contribution in [-0.4, -0.2) is 65.8 Å². The lowest BCUT2D eigenvalue weighted by molar-refractivity contribution is 0.167. The third-order valence-corrected chi connectivity index (χ3v) is 4.18. The molecule has 0 radical (unpaired) electrons. The van der Waals surface area contributed by atoms with E-state index >= 15 is 0 Å². The van der Waals surface area contributed by atoms with Crippen LogP contribution in [0.4, 0.5) is 4.79 Å². The van der Waals surface area contributed by atoms with Crippen LogP contribution in [0.2, 0.25) is 0 Å². The zero-order valence-electron chi connectivity index (χ0n) is 12.8. The number of hydrogen-bond donors (Lipinski definition) is 2. The summed E-state index contributed by atoms with van der Waals surface area (Å²) in [5, 5.41) is 12.1. The second-order valence-corrected chi connectivity index (χ2v) is 6.52. The number of aliphatic hydroxyl groups is 1.